The molecule has 0 aliphatic carbocycles. The Balaban J connectivity index is 1.73. The largest absolute Gasteiger partial charge is 0.497 e. The van der Waals surface area contributed by atoms with Crippen molar-refractivity contribution in [2.45, 2.75) is 13.5 Å². The molecule has 0 radical (unpaired) electrons. The van der Waals surface area contributed by atoms with E-state index in [4.69, 9.17) is 4.74 Å². The zero-order valence-electron chi connectivity index (χ0n) is 15.6. The van der Waals surface area contributed by atoms with E-state index in [9.17, 15) is 4.79 Å². The fourth-order valence-electron chi connectivity index (χ4n) is 2.79. The standard InChI is InChI=1S/C22H23N3O2/c1-3-25(16-17-7-5-4-6-8-17)20-13-18(14-23-15-20)22(26)24-19-9-11-21(27-2)12-10-19/h4-15H,3,16H2,1-2H3,(H,24,26). The van der Waals surface area contributed by atoms with Gasteiger partial charge in [0.2, 0.25) is 0 Å². The van der Waals surface area contributed by atoms with Crippen LogP contribution in [0.25, 0.3) is 0 Å². The zero-order chi connectivity index (χ0) is 19.1. The van der Waals surface area contributed by atoms with Crippen LogP contribution in [-0.4, -0.2) is 24.5 Å². The Morgan fingerprint density at radius 1 is 1.07 bits per heavy atom. The minimum atomic E-state index is -0.190. The van der Waals surface area contributed by atoms with Crippen molar-refractivity contribution in [2.24, 2.45) is 0 Å². The lowest BCUT2D eigenvalue weighted by Crippen LogP contribution is -2.23. The first-order valence-electron chi connectivity index (χ1n) is 8.89. The number of methoxy groups -OCH3 is 1. The van der Waals surface area contributed by atoms with E-state index in [1.54, 1.807) is 19.5 Å². The van der Waals surface area contributed by atoms with Crippen LogP contribution >= 0.6 is 0 Å². The van der Waals surface area contributed by atoms with Crippen LogP contribution in [-0.2, 0) is 6.54 Å². The highest BCUT2D eigenvalue weighted by Gasteiger charge is 2.11. The molecule has 3 rings (SSSR count). The van der Waals surface area contributed by atoms with Crippen molar-refractivity contribution in [3.05, 3.63) is 84.2 Å². The lowest BCUT2D eigenvalue weighted by molar-refractivity contribution is 0.102. The number of benzene rings is 2. The summed E-state index contributed by atoms with van der Waals surface area (Å²) in [4.78, 5) is 19.0. The van der Waals surface area contributed by atoms with E-state index in [0.29, 0.717) is 11.3 Å². The maximum Gasteiger partial charge on any atom is 0.257 e. The summed E-state index contributed by atoms with van der Waals surface area (Å²) >= 11 is 0. The number of hydrogen-bond acceptors (Lipinski definition) is 4. The van der Waals surface area contributed by atoms with Gasteiger partial charge in [-0.2, -0.15) is 0 Å². The fourth-order valence-corrected chi connectivity index (χ4v) is 2.79. The van der Waals surface area contributed by atoms with Gasteiger partial charge < -0.3 is 15.0 Å². The minimum absolute atomic E-state index is 0.190. The van der Waals surface area contributed by atoms with Crippen molar-refractivity contribution in [2.75, 3.05) is 23.9 Å². The molecule has 0 aliphatic heterocycles. The highest BCUT2D eigenvalue weighted by Crippen LogP contribution is 2.19. The van der Waals surface area contributed by atoms with Gasteiger partial charge in [-0.1, -0.05) is 30.3 Å². The van der Waals surface area contributed by atoms with Gasteiger partial charge in [0.15, 0.2) is 0 Å². The molecule has 1 N–H and O–H groups in total. The maximum absolute atomic E-state index is 12.6. The third kappa shape index (κ3) is 4.85. The van der Waals surface area contributed by atoms with Gasteiger partial charge in [-0.15, -0.1) is 0 Å². The van der Waals surface area contributed by atoms with Gasteiger partial charge in [0, 0.05) is 25.0 Å². The molecule has 0 spiro atoms. The summed E-state index contributed by atoms with van der Waals surface area (Å²) in [6.45, 7) is 3.68. The number of aromatic nitrogens is 1. The van der Waals surface area contributed by atoms with Gasteiger partial charge in [-0.05, 0) is 42.8 Å². The molecule has 0 unspecified atom stereocenters. The van der Waals surface area contributed by atoms with Crippen molar-refractivity contribution < 1.29 is 9.53 Å². The SMILES string of the molecule is CCN(Cc1ccccc1)c1cncc(C(=O)Nc2ccc(OC)cc2)c1. The minimum Gasteiger partial charge on any atom is -0.497 e. The van der Waals surface area contributed by atoms with E-state index in [0.717, 1.165) is 24.5 Å². The first kappa shape index (κ1) is 18.5. The van der Waals surface area contributed by atoms with Gasteiger partial charge in [-0.3, -0.25) is 9.78 Å². The molecule has 5 heteroatoms. The number of hydrogen-bond donors (Lipinski definition) is 1. The van der Waals surface area contributed by atoms with Crippen LogP contribution in [0, 0.1) is 0 Å². The van der Waals surface area contributed by atoms with Crippen LogP contribution in [0.3, 0.4) is 0 Å². The number of amides is 1. The Hall–Kier alpha value is -3.34. The third-order valence-corrected chi connectivity index (χ3v) is 4.30. The lowest BCUT2D eigenvalue weighted by Gasteiger charge is -2.23. The number of pyridine rings is 1. The molecule has 27 heavy (non-hydrogen) atoms. The molecule has 2 aromatic carbocycles. The molecular weight excluding hydrogens is 338 g/mol. The Bertz CT molecular complexity index is 880. The molecule has 3 aromatic rings. The molecule has 1 amide bonds. The number of carbonyl (C=O) groups excluding carboxylic acids is 1. The third-order valence-electron chi connectivity index (χ3n) is 4.30. The van der Waals surface area contributed by atoms with E-state index in [1.165, 1.54) is 5.56 Å². The van der Waals surface area contributed by atoms with E-state index in [-0.39, 0.29) is 5.91 Å². The molecule has 0 bridgehead atoms. The Morgan fingerprint density at radius 2 is 1.81 bits per heavy atom. The van der Waals surface area contributed by atoms with Crippen LogP contribution in [0.15, 0.2) is 73.1 Å². The van der Waals surface area contributed by atoms with Gasteiger partial charge in [0.05, 0.1) is 24.6 Å². The number of carbonyl (C=O) groups is 1. The summed E-state index contributed by atoms with van der Waals surface area (Å²) < 4.78 is 5.13. The average molecular weight is 361 g/mol. The quantitative estimate of drug-likeness (QED) is 0.679. The Morgan fingerprint density at radius 3 is 2.48 bits per heavy atom. The number of ether oxygens (including phenoxy) is 1. The van der Waals surface area contributed by atoms with Crippen LogP contribution in [0.4, 0.5) is 11.4 Å². The van der Waals surface area contributed by atoms with Crippen LogP contribution in [0.1, 0.15) is 22.8 Å². The topological polar surface area (TPSA) is 54.5 Å². The van der Waals surface area contributed by atoms with Gasteiger partial charge >= 0.3 is 0 Å². The van der Waals surface area contributed by atoms with Crippen molar-refractivity contribution in [1.29, 1.82) is 0 Å². The lowest BCUT2D eigenvalue weighted by atomic mass is 10.2. The molecule has 5 nitrogen and oxygen atoms in total. The van der Waals surface area contributed by atoms with E-state index < -0.39 is 0 Å². The predicted molar refractivity (Wildman–Crippen MR) is 108 cm³/mol. The molecular formula is C22H23N3O2. The van der Waals surface area contributed by atoms with E-state index >= 15 is 0 Å². The van der Waals surface area contributed by atoms with Crippen LogP contribution < -0.4 is 15.0 Å². The second kappa shape index (κ2) is 8.85. The molecule has 138 valence electrons. The van der Waals surface area contributed by atoms with Crippen molar-refractivity contribution >= 4 is 17.3 Å². The number of nitrogens with zero attached hydrogens (tertiary/aromatic N) is 2. The van der Waals surface area contributed by atoms with Crippen LogP contribution in [0.5, 0.6) is 5.75 Å². The second-order valence-electron chi connectivity index (χ2n) is 6.11. The maximum atomic E-state index is 12.6. The summed E-state index contributed by atoms with van der Waals surface area (Å²) in [6.07, 6.45) is 3.37. The summed E-state index contributed by atoms with van der Waals surface area (Å²) in [6, 6.07) is 19.4. The van der Waals surface area contributed by atoms with E-state index in [2.05, 4.69) is 34.3 Å². The predicted octanol–water partition coefficient (Wildman–Crippen LogP) is 4.37. The zero-order valence-corrected chi connectivity index (χ0v) is 15.6. The molecule has 0 saturated heterocycles. The molecule has 0 atom stereocenters. The normalized spacial score (nSPS) is 10.3. The van der Waals surface area contributed by atoms with Gasteiger partial charge in [-0.25, -0.2) is 0 Å². The Labute approximate surface area is 159 Å². The summed E-state index contributed by atoms with van der Waals surface area (Å²) in [5.74, 6) is 0.557. The second-order valence-corrected chi connectivity index (χ2v) is 6.11. The number of rotatable bonds is 7. The molecule has 0 saturated carbocycles. The van der Waals surface area contributed by atoms with Crippen molar-refractivity contribution in [1.82, 2.24) is 4.98 Å². The monoisotopic (exact) mass is 361 g/mol. The van der Waals surface area contributed by atoms with E-state index in [1.807, 2.05) is 48.5 Å². The number of nitrogens with one attached hydrogen (secondary N) is 1. The van der Waals surface area contributed by atoms with Crippen molar-refractivity contribution in [3.8, 4) is 5.75 Å². The fraction of sp³-hybridized carbons (Fsp3) is 0.182. The molecule has 0 fully saturated rings. The van der Waals surface area contributed by atoms with Gasteiger partial charge in [0.1, 0.15) is 5.75 Å². The highest BCUT2D eigenvalue weighted by atomic mass is 16.5. The summed E-state index contributed by atoms with van der Waals surface area (Å²) in [7, 11) is 1.61. The first-order chi connectivity index (χ1) is 13.2. The van der Waals surface area contributed by atoms with Crippen LogP contribution in [0.2, 0.25) is 0 Å². The highest BCUT2D eigenvalue weighted by molar-refractivity contribution is 6.04. The first-order valence-corrected chi connectivity index (χ1v) is 8.89. The molecule has 1 aromatic heterocycles. The molecule has 0 aliphatic rings. The number of anilines is 2. The summed E-state index contributed by atoms with van der Waals surface area (Å²) in [5.41, 5.74) is 3.37. The smallest absolute Gasteiger partial charge is 0.257 e. The average Bonchev–Trinajstić information content (AvgIpc) is 2.73. The summed E-state index contributed by atoms with van der Waals surface area (Å²) in [5, 5.41) is 2.89. The Kier molecular flexibility index (Phi) is 6.05. The van der Waals surface area contributed by atoms with Gasteiger partial charge in [0.25, 0.3) is 5.91 Å². The molecule has 1 heterocycles. The van der Waals surface area contributed by atoms with Crippen molar-refractivity contribution in [3.63, 3.8) is 0 Å².